The zero-order valence-electron chi connectivity index (χ0n) is 15.8. The zero-order chi connectivity index (χ0) is 19.6. The second-order valence-corrected chi connectivity index (χ2v) is 7.19. The van der Waals surface area contributed by atoms with E-state index in [4.69, 9.17) is 4.74 Å². The summed E-state index contributed by atoms with van der Waals surface area (Å²) in [5, 5.41) is 29.0. The molecule has 3 rings (SSSR count). The molecule has 2 aromatic rings. The second-order valence-electron chi connectivity index (χ2n) is 7.19. The minimum atomic E-state index is -1.33. The van der Waals surface area contributed by atoms with Crippen LogP contribution in [0.5, 0.6) is 5.75 Å². The molecular weight excluding hydrogens is 346 g/mol. The van der Waals surface area contributed by atoms with Gasteiger partial charge in [0.05, 0.1) is 19.4 Å². The summed E-state index contributed by atoms with van der Waals surface area (Å²) in [4.78, 5) is 14.2. The first-order valence-electron chi connectivity index (χ1n) is 8.95. The lowest BCUT2D eigenvalue weighted by Gasteiger charge is -2.44. The van der Waals surface area contributed by atoms with Gasteiger partial charge in [-0.05, 0) is 55.5 Å². The van der Waals surface area contributed by atoms with Crippen molar-refractivity contribution in [2.75, 3.05) is 25.1 Å². The maximum Gasteiger partial charge on any atom is 0.314 e. The van der Waals surface area contributed by atoms with E-state index in [0.29, 0.717) is 24.5 Å². The number of aromatic nitrogens is 2. The van der Waals surface area contributed by atoms with Crippen LogP contribution in [0.3, 0.4) is 0 Å². The minimum absolute atomic E-state index is 0.166. The maximum atomic E-state index is 12.3. The topological polar surface area (TPSA) is 95.8 Å². The molecule has 2 atom stereocenters. The van der Waals surface area contributed by atoms with Crippen LogP contribution in [0.1, 0.15) is 23.1 Å². The first-order valence-corrected chi connectivity index (χ1v) is 8.95. The molecule has 1 aliphatic heterocycles. The number of hydrogen-bond acceptors (Lipinski definition) is 6. The molecule has 1 fully saturated rings. The number of methoxy groups -OCH3 is 1. The standard InChI is InChI=1S/C20H25N3O4/c1-13-11-21-22-18(14(13)2)23-8-7-17(24)20(12-23,19(25)26)10-15-5-4-6-16(9-15)27-3/h4-6,9,11,17,24H,7-8,10,12H2,1-3H3,(H,25,26)/t17-,20-/m1/s1. The van der Waals surface area contributed by atoms with E-state index in [1.165, 1.54) is 0 Å². The van der Waals surface area contributed by atoms with E-state index in [1.54, 1.807) is 13.3 Å². The number of aliphatic carboxylic acids is 1. The van der Waals surface area contributed by atoms with Crippen molar-refractivity contribution in [1.29, 1.82) is 0 Å². The maximum absolute atomic E-state index is 12.3. The average molecular weight is 371 g/mol. The minimum Gasteiger partial charge on any atom is -0.497 e. The van der Waals surface area contributed by atoms with Crippen LogP contribution in [0.15, 0.2) is 30.5 Å². The van der Waals surface area contributed by atoms with Gasteiger partial charge < -0.3 is 19.8 Å². The highest BCUT2D eigenvalue weighted by atomic mass is 16.5. The Morgan fingerprint density at radius 2 is 2.19 bits per heavy atom. The smallest absolute Gasteiger partial charge is 0.314 e. The molecule has 0 amide bonds. The lowest BCUT2D eigenvalue weighted by Crippen LogP contribution is -2.57. The van der Waals surface area contributed by atoms with Crippen LogP contribution in [0.25, 0.3) is 0 Å². The molecule has 2 heterocycles. The molecule has 144 valence electrons. The molecule has 0 aliphatic carbocycles. The van der Waals surface area contributed by atoms with E-state index in [2.05, 4.69) is 10.2 Å². The molecule has 0 unspecified atom stereocenters. The predicted molar refractivity (Wildman–Crippen MR) is 101 cm³/mol. The molecule has 0 spiro atoms. The Hall–Kier alpha value is -2.67. The summed E-state index contributed by atoms with van der Waals surface area (Å²) >= 11 is 0. The van der Waals surface area contributed by atoms with Crippen LogP contribution in [0.2, 0.25) is 0 Å². The third-order valence-electron chi connectivity index (χ3n) is 5.49. The van der Waals surface area contributed by atoms with Gasteiger partial charge in [-0.1, -0.05) is 12.1 Å². The number of carboxylic acid groups (broad SMARTS) is 1. The van der Waals surface area contributed by atoms with Gasteiger partial charge in [-0.25, -0.2) is 0 Å². The van der Waals surface area contributed by atoms with Gasteiger partial charge in [0.15, 0.2) is 5.82 Å². The van der Waals surface area contributed by atoms with Crippen LogP contribution in [0, 0.1) is 19.3 Å². The highest BCUT2D eigenvalue weighted by molar-refractivity contribution is 5.77. The van der Waals surface area contributed by atoms with Crippen molar-refractivity contribution in [1.82, 2.24) is 10.2 Å². The highest BCUT2D eigenvalue weighted by Gasteiger charge is 2.49. The normalized spacial score (nSPS) is 22.5. The van der Waals surface area contributed by atoms with Gasteiger partial charge in [0, 0.05) is 13.1 Å². The van der Waals surface area contributed by atoms with Gasteiger partial charge in [-0.2, -0.15) is 5.10 Å². The number of benzene rings is 1. The van der Waals surface area contributed by atoms with Crippen LogP contribution < -0.4 is 9.64 Å². The summed E-state index contributed by atoms with van der Waals surface area (Å²) in [6.45, 7) is 4.61. The van der Waals surface area contributed by atoms with Gasteiger partial charge in [0.25, 0.3) is 0 Å². The Balaban J connectivity index is 1.96. The fourth-order valence-electron chi connectivity index (χ4n) is 3.69. The van der Waals surface area contributed by atoms with Gasteiger partial charge >= 0.3 is 5.97 Å². The number of nitrogens with zero attached hydrogens (tertiary/aromatic N) is 3. The van der Waals surface area contributed by atoms with E-state index < -0.39 is 17.5 Å². The summed E-state index contributed by atoms with van der Waals surface area (Å²) in [6.07, 6.45) is 1.30. The van der Waals surface area contributed by atoms with Crippen molar-refractivity contribution in [2.24, 2.45) is 5.41 Å². The molecule has 1 saturated heterocycles. The van der Waals surface area contributed by atoms with Gasteiger partial charge in [-0.15, -0.1) is 5.10 Å². The molecule has 1 aromatic heterocycles. The largest absolute Gasteiger partial charge is 0.497 e. The van der Waals surface area contributed by atoms with Crippen LogP contribution in [-0.2, 0) is 11.2 Å². The first-order chi connectivity index (χ1) is 12.9. The number of carboxylic acids is 1. The number of ether oxygens (including phenoxy) is 1. The summed E-state index contributed by atoms with van der Waals surface area (Å²) in [7, 11) is 1.57. The summed E-state index contributed by atoms with van der Waals surface area (Å²) in [5.74, 6) is 0.328. The molecule has 7 heteroatoms. The van der Waals surface area contributed by atoms with E-state index in [-0.39, 0.29) is 13.0 Å². The molecule has 2 N–H and O–H groups in total. The van der Waals surface area contributed by atoms with E-state index >= 15 is 0 Å². The van der Waals surface area contributed by atoms with E-state index in [9.17, 15) is 15.0 Å². The fourth-order valence-corrected chi connectivity index (χ4v) is 3.69. The van der Waals surface area contributed by atoms with Crippen LogP contribution in [0.4, 0.5) is 5.82 Å². The lowest BCUT2D eigenvalue weighted by molar-refractivity contribution is -0.157. The van der Waals surface area contributed by atoms with Crippen molar-refractivity contribution in [3.8, 4) is 5.75 Å². The number of rotatable bonds is 5. The first kappa shape index (κ1) is 19.1. The summed E-state index contributed by atoms with van der Waals surface area (Å²) < 4.78 is 5.24. The lowest BCUT2D eigenvalue weighted by atomic mass is 9.72. The number of aryl methyl sites for hydroxylation is 1. The van der Waals surface area contributed by atoms with Crippen LogP contribution in [-0.4, -0.2) is 52.7 Å². The summed E-state index contributed by atoms with van der Waals surface area (Å²) in [6, 6.07) is 7.31. The van der Waals surface area contributed by atoms with Crippen LogP contribution >= 0.6 is 0 Å². The molecule has 1 aliphatic rings. The number of aliphatic hydroxyl groups is 1. The third-order valence-corrected chi connectivity index (χ3v) is 5.49. The highest BCUT2D eigenvalue weighted by Crippen LogP contribution is 2.37. The Morgan fingerprint density at radius 1 is 1.41 bits per heavy atom. The summed E-state index contributed by atoms with van der Waals surface area (Å²) in [5.41, 5.74) is 1.45. The number of aliphatic hydroxyl groups excluding tert-OH is 1. The van der Waals surface area contributed by atoms with Crippen molar-refractivity contribution >= 4 is 11.8 Å². The number of hydrogen-bond donors (Lipinski definition) is 2. The Labute approximate surface area is 158 Å². The number of carbonyl (C=O) groups is 1. The van der Waals surface area contributed by atoms with Gasteiger partial charge in [0.1, 0.15) is 11.2 Å². The second kappa shape index (κ2) is 7.52. The molecule has 0 saturated carbocycles. The number of piperidine rings is 1. The Bertz CT molecular complexity index is 842. The zero-order valence-corrected chi connectivity index (χ0v) is 15.8. The molecule has 1 aromatic carbocycles. The van der Waals surface area contributed by atoms with Gasteiger partial charge in [0.2, 0.25) is 0 Å². The quantitative estimate of drug-likeness (QED) is 0.830. The van der Waals surface area contributed by atoms with Gasteiger partial charge in [-0.3, -0.25) is 4.79 Å². The molecular formula is C20H25N3O4. The molecule has 27 heavy (non-hydrogen) atoms. The Morgan fingerprint density at radius 3 is 2.89 bits per heavy atom. The van der Waals surface area contributed by atoms with E-state index in [0.717, 1.165) is 16.7 Å². The number of anilines is 1. The third kappa shape index (κ3) is 3.60. The predicted octanol–water partition coefficient (Wildman–Crippen LogP) is 1.99. The monoisotopic (exact) mass is 371 g/mol. The SMILES string of the molecule is COc1cccc(C[C@@]2(C(=O)O)CN(c3nncc(C)c3C)CC[C@H]2O)c1. The fraction of sp³-hybridized carbons (Fsp3) is 0.450. The van der Waals surface area contributed by atoms with Crippen molar-refractivity contribution < 1.29 is 19.7 Å². The molecule has 7 nitrogen and oxygen atoms in total. The molecule has 0 radical (unpaired) electrons. The van der Waals surface area contributed by atoms with E-state index in [1.807, 2.05) is 43.0 Å². The van der Waals surface area contributed by atoms with Crippen molar-refractivity contribution in [3.05, 3.63) is 47.2 Å². The van der Waals surface area contributed by atoms with Crippen molar-refractivity contribution in [3.63, 3.8) is 0 Å². The Kier molecular flexibility index (Phi) is 5.32. The average Bonchev–Trinajstić information content (AvgIpc) is 2.66. The van der Waals surface area contributed by atoms with Crippen molar-refractivity contribution in [2.45, 2.75) is 32.8 Å². The molecule has 0 bridgehead atoms.